The van der Waals surface area contributed by atoms with Gasteiger partial charge in [0.15, 0.2) is 0 Å². The maximum Gasteiger partial charge on any atom is 0.138 e. The van der Waals surface area contributed by atoms with Crippen LogP contribution in [-0.4, -0.2) is 16.6 Å². The Morgan fingerprint density at radius 2 is 2.07 bits per heavy atom. The van der Waals surface area contributed by atoms with Gasteiger partial charge in [-0.05, 0) is 60.4 Å². The molecule has 1 unspecified atom stereocenters. The first-order chi connectivity index (χ1) is 13.3. The van der Waals surface area contributed by atoms with Crippen LogP contribution in [-0.2, 0) is 11.3 Å². The van der Waals surface area contributed by atoms with Crippen molar-refractivity contribution in [2.75, 3.05) is 6.61 Å². The minimum atomic E-state index is -0.177. The fourth-order valence-electron chi connectivity index (χ4n) is 3.00. The van der Waals surface area contributed by atoms with Crippen LogP contribution >= 0.6 is 0 Å². The van der Waals surface area contributed by atoms with Gasteiger partial charge >= 0.3 is 0 Å². The van der Waals surface area contributed by atoms with Crippen molar-refractivity contribution in [2.24, 2.45) is 5.92 Å². The topological polar surface area (TPSA) is 37.9 Å². The molecule has 1 atom stereocenters. The van der Waals surface area contributed by atoms with E-state index in [1.807, 2.05) is 48.5 Å². The van der Waals surface area contributed by atoms with E-state index in [4.69, 9.17) is 4.74 Å². The Bertz CT molecular complexity index is 1020. The maximum absolute atomic E-state index is 13.2. The number of pyridine rings is 1. The molecule has 3 aromatic rings. The number of nitrogens with zero attached hydrogens (tertiary/aromatic N) is 1. The Morgan fingerprint density at radius 1 is 1.19 bits per heavy atom. The highest BCUT2D eigenvalue weighted by atomic mass is 19.1. The summed E-state index contributed by atoms with van der Waals surface area (Å²) in [5.74, 6) is 6.23. The van der Waals surface area contributed by atoms with Crippen LogP contribution in [0.3, 0.4) is 0 Å². The van der Waals surface area contributed by atoms with Gasteiger partial charge in [0.05, 0.1) is 18.9 Å². The van der Waals surface area contributed by atoms with Crippen molar-refractivity contribution in [3.05, 3.63) is 89.5 Å². The molecule has 134 valence electrons. The van der Waals surface area contributed by atoms with E-state index in [0.717, 1.165) is 34.3 Å². The fourth-order valence-corrected chi connectivity index (χ4v) is 3.00. The molecule has 27 heavy (non-hydrogen) atoms. The third kappa shape index (κ3) is 4.52. The van der Waals surface area contributed by atoms with Crippen molar-refractivity contribution in [2.45, 2.75) is 13.0 Å². The Morgan fingerprint density at radius 3 is 2.89 bits per heavy atom. The zero-order chi connectivity index (χ0) is 18.5. The Labute approximate surface area is 157 Å². The number of H-pyrrole nitrogens is 1. The lowest BCUT2D eigenvalue weighted by molar-refractivity contribution is 0.0993. The van der Waals surface area contributed by atoms with Crippen molar-refractivity contribution < 1.29 is 9.13 Å². The Balaban J connectivity index is 1.33. The van der Waals surface area contributed by atoms with Gasteiger partial charge in [0.2, 0.25) is 0 Å². The Hall–Kier alpha value is -3.16. The third-order valence-corrected chi connectivity index (χ3v) is 4.40. The van der Waals surface area contributed by atoms with Crippen LogP contribution in [0.5, 0.6) is 0 Å². The van der Waals surface area contributed by atoms with Crippen molar-refractivity contribution in [3.63, 3.8) is 0 Å². The average molecular weight is 358 g/mol. The van der Waals surface area contributed by atoms with Crippen molar-refractivity contribution in [3.8, 4) is 11.8 Å². The number of hydrogen-bond donors (Lipinski definition) is 1. The van der Waals surface area contributed by atoms with E-state index in [0.29, 0.717) is 13.2 Å². The van der Waals surface area contributed by atoms with Gasteiger partial charge in [-0.25, -0.2) is 9.37 Å². The molecule has 0 bridgehead atoms. The predicted molar refractivity (Wildman–Crippen MR) is 105 cm³/mol. The molecular formula is C23H19FN2O. The molecule has 1 aliphatic rings. The molecule has 4 rings (SSSR count). The number of fused-ring (bicyclic) bond motifs is 1. The van der Waals surface area contributed by atoms with E-state index in [2.05, 4.69) is 21.8 Å². The maximum atomic E-state index is 13.2. The van der Waals surface area contributed by atoms with E-state index >= 15 is 0 Å². The molecule has 2 heterocycles. The van der Waals surface area contributed by atoms with Crippen LogP contribution in [0.1, 0.15) is 23.2 Å². The summed E-state index contributed by atoms with van der Waals surface area (Å²) in [6.07, 6.45) is 7.56. The van der Waals surface area contributed by atoms with Crippen molar-refractivity contribution in [1.82, 2.24) is 9.97 Å². The molecule has 4 heteroatoms. The first-order valence-corrected chi connectivity index (χ1v) is 8.92. The summed E-state index contributed by atoms with van der Waals surface area (Å²) >= 11 is 0. The molecule has 1 aromatic carbocycles. The number of benzene rings is 1. The largest absolute Gasteiger partial charge is 0.376 e. The number of ether oxygens (including phenoxy) is 1. The summed E-state index contributed by atoms with van der Waals surface area (Å²) in [4.78, 5) is 7.47. The SMILES string of the molecule is FC1=CC(COCc2ccc(C#Cc3cc4cccnc4[nH]3)cc2)CC=C1. The minimum Gasteiger partial charge on any atom is -0.376 e. The minimum absolute atomic E-state index is 0.117. The van der Waals surface area contributed by atoms with Gasteiger partial charge in [-0.15, -0.1) is 0 Å². The highest BCUT2D eigenvalue weighted by molar-refractivity contribution is 5.77. The summed E-state index contributed by atoms with van der Waals surface area (Å²) in [7, 11) is 0. The van der Waals surface area contributed by atoms with E-state index in [1.165, 1.54) is 6.08 Å². The molecule has 0 radical (unpaired) electrons. The number of rotatable bonds is 4. The smallest absolute Gasteiger partial charge is 0.138 e. The molecule has 0 saturated heterocycles. The molecule has 0 spiro atoms. The molecule has 1 N–H and O–H groups in total. The second-order valence-electron chi connectivity index (χ2n) is 6.54. The number of hydrogen-bond acceptors (Lipinski definition) is 2. The van der Waals surface area contributed by atoms with Gasteiger partial charge in [-0.1, -0.05) is 24.1 Å². The van der Waals surface area contributed by atoms with Crippen LogP contribution in [0.15, 0.2) is 72.7 Å². The summed E-state index contributed by atoms with van der Waals surface area (Å²) in [5, 5.41) is 1.05. The highest BCUT2D eigenvalue weighted by Crippen LogP contribution is 2.18. The lowest BCUT2D eigenvalue weighted by Gasteiger charge is -2.14. The zero-order valence-corrected chi connectivity index (χ0v) is 14.8. The lowest BCUT2D eigenvalue weighted by atomic mass is 10.0. The summed E-state index contributed by atoms with van der Waals surface area (Å²) in [6, 6.07) is 13.9. The molecule has 1 aliphatic carbocycles. The third-order valence-electron chi connectivity index (χ3n) is 4.40. The molecule has 0 fully saturated rings. The lowest BCUT2D eigenvalue weighted by Crippen LogP contribution is -2.08. The summed E-state index contributed by atoms with van der Waals surface area (Å²) < 4.78 is 18.9. The normalized spacial score (nSPS) is 16.0. The first kappa shape index (κ1) is 17.3. The number of allylic oxidation sites excluding steroid dienone is 3. The summed E-state index contributed by atoms with van der Waals surface area (Å²) in [6.45, 7) is 1.03. The van der Waals surface area contributed by atoms with Gasteiger partial charge in [0.1, 0.15) is 11.5 Å². The number of aromatic nitrogens is 2. The predicted octanol–water partition coefficient (Wildman–Crippen LogP) is 4.91. The summed E-state index contributed by atoms with van der Waals surface area (Å²) in [5.41, 5.74) is 3.70. The van der Waals surface area contributed by atoms with Crippen LogP contribution in [0.25, 0.3) is 11.0 Å². The number of aromatic amines is 1. The molecule has 0 aliphatic heterocycles. The van der Waals surface area contributed by atoms with Gasteiger partial charge in [0.25, 0.3) is 0 Å². The molecule has 0 saturated carbocycles. The highest BCUT2D eigenvalue weighted by Gasteiger charge is 2.09. The first-order valence-electron chi connectivity index (χ1n) is 8.92. The van der Waals surface area contributed by atoms with Gasteiger partial charge in [-0.2, -0.15) is 0 Å². The van der Waals surface area contributed by atoms with E-state index < -0.39 is 0 Å². The van der Waals surface area contributed by atoms with Crippen LogP contribution in [0.4, 0.5) is 4.39 Å². The van der Waals surface area contributed by atoms with E-state index in [1.54, 1.807) is 12.3 Å². The van der Waals surface area contributed by atoms with Gasteiger partial charge in [-0.3, -0.25) is 0 Å². The van der Waals surface area contributed by atoms with Gasteiger partial charge < -0.3 is 9.72 Å². The van der Waals surface area contributed by atoms with Crippen LogP contribution in [0.2, 0.25) is 0 Å². The second-order valence-corrected chi connectivity index (χ2v) is 6.54. The average Bonchev–Trinajstić information content (AvgIpc) is 3.10. The molecular weight excluding hydrogens is 339 g/mol. The number of nitrogens with one attached hydrogen (secondary N) is 1. The second kappa shape index (κ2) is 8.03. The standard InChI is InChI=1S/C23H19FN2O/c24-21-5-1-3-19(13-21)16-27-15-18-8-6-17(7-9-18)10-11-22-14-20-4-2-12-25-23(20)26-22/h1-2,4-9,12-14,19H,3,15-16H2,(H,25,26). The quantitative estimate of drug-likeness (QED) is 0.673. The van der Waals surface area contributed by atoms with E-state index in [9.17, 15) is 4.39 Å². The van der Waals surface area contributed by atoms with E-state index in [-0.39, 0.29) is 11.7 Å². The Kier molecular flexibility index (Phi) is 5.13. The molecule has 3 nitrogen and oxygen atoms in total. The van der Waals surface area contributed by atoms with Crippen molar-refractivity contribution in [1.29, 1.82) is 0 Å². The fraction of sp³-hybridized carbons (Fsp3) is 0.174. The van der Waals surface area contributed by atoms with Gasteiger partial charge in [0, 0.05) is 23.1 Å². The van der Waals surface area contributed by atoms with Crippen molar-refractivity contribution >= 4 is 11.0 Å². The number of halogens is 1. The molecule has 0 amide bonds. The monoisotopic (exact) mass is 358 g/mol. The molecule has 2 aromatic heterocycles. The van der Waals surface area contributed by atoms with Crippen LogP contribution in [0, 0.1) is 17.8 Å². The van der Waals surface area contributed by atoms with Crippen LogP contribution < -0.4 is 0 Å². The zero-order valence-electron chi connectivity index (χ0n) is 14.8.